The minimum absolute atomic E-state index is 0.165. The van der Waals surface area contributed by atoms with Crippen molar-refractivity contribution in [1.29, 1.82) is 0 Å². The molecule has 0 radical (unpaired) electrons. The van der Waals surface area contributed by atoms with Crippen LogP contribution in [-0.2, 0) is 29.6 Å². The van der Waals surface area contributed by atoms with E-state index in [2.05, 4.69) is 9.71 Å². The molecule has 0 aliphatic carbocycles. The molecule has 0 spiro atoms. The quantitative estimate of drug-likeness (QED) is 0.796. The average Bonchev–Trinajstić information content (AvgIpc) is 2.99. The van der Waals surface area contributed by atoms with Crippen LogP contribution >= 0.6 is 0 Å². The molecule has 6 nitrogen and oxygen atoms in total. The second-order valence-electron chi connectivity index (χ2n) is 4.64. The summed E-state index contributed by atoms with van der Waals surface area (Å²) in [5.41, 5.74) is 1.60. The van der Waals surface area contributed by atoms with Crippen molar-refractivity contribution in [3.05, 3.63) is 48.0 Å². The molecular formula is C14H19N3O3S. The highest BCUT2D eigenvalue weighted by Crippen LogP contribution is 2.16. The molecule has 2 N–H and O–H groups in total. The van der Waals surface area contributed by atoms with Gasteiger partial charge >= 0.3 is 0 Å². The summed E-state index contributed by atoms with van der Waals surface area (Å²) in [6, 6.07) is 4.84. The van der Waals surface area contributed by atoms with Crippen LogP contribution in [0.1, 0.15) is 18.1 Å². The number of hydrogen-bond acceptors (Lipinski definition) is 4. The lowest BCUT2D eigenvalue weighted by Gasteiger charge is -2.10. The Kier molecular flexibility index (Phi) is 5.11. The molecule has 2 rings (SSSR count). The minimum atomic E-state index is -3.57. The Morgan fingerprint density at radius 2 is 2.14 bits per heavy atom. The van der Waals surface area contributed by atoms with Gasteiger partial charge in [-0.1, -0.05) is 13.0 Å². The van der Waals surface area contributed by atoms with Gasteiger partial charge in [-0.15, -0.1) is 0 Å². The maximum Gasteiger partial charge on any atom is 0.240 e. The summed E-state index contributed by atoms with van der Waals surface area (Å²) in [7, 11) is -3.57. The Hall–Kier alpha value is -1.70. The summed E-state index contributed by atoms with van der Waals surface area (Å²) >= 11 is 0. The monoisotopic (exact) mass is 309 g/mol. The molecule has 1 heterocycles. The lowest BCUT2D eigenvalue weighted by Crippen LogP contribution is -2.27. The highest BCUT2D eigenvalue weighted by molar-refractivity contribution is 7.89. The standard InChI is InChI=1S/C14H19N3O3S/c1-2-12-3-4-14(9-13(12)10-18)21(19,20)16-6-8-17-7-5-15-11-17/h3-5,7,9,11,16,18H,2,6,8,10H2,1H3. The van der Waals surface area contributed by atoms with E-state index >= 15 is 0 Å². The predicted molar refractivity (Wildman–Crippen MR) is 79.2 cm³/mol. The first kappa shape index (κ1) is 15.7. The van der Waals surface area contributed by atoms with Gasteiger partial charge in [-0.2, -0.15) is 0 Å². The second kappa shape index (κ2) is 6.84. The third kappa shape index (κ3) is 3.90. The summed E-state index contributed by atoms with van der Waals surface area (Å²) in [5.74, 6) is 0. The van der Waals surface area contributed by atoms with Gasteiger partial charge in [-0.25, -0.2) is 18.1 Å². The summed E-state index contributed by atoms with van der Waals surface area (Å²) < 4.78 is 28.8. The van der Waals surface area contributed by atoms with Gasteiger partial charge in [0.05, 0.1) is 17.8 Å². The van der Waals surface area contributed by atoms with E-state index in [9.17, 15) is 13.5 Å². The number of aromatic nitrogens is 2. The Labute approximate surface area is 124 Å². The predicted octanol–water partition coefficient (Wildman–Crippen LogP) is 0.916. The van der Waals surface area contributed by atoms with Gasteiger partial charge in [-0.05, 0) is 29.7 Å². The van der Waals surface area contributed by atoms with Gasteiger partial charge in [0, 0.05) is 25.5 Å². The molecule has 0 bridgehead atoms. The number of aliphatic hydroxyl groups excluding tert-OH is 1. The van der Waals surface area contributed by atoms with Gasteiger partial charge in [0.15, 0.2) is 0 Å². The summed E-state index contributed by atoms with van der Waals surface area (Å²) in [4.78, 5) is 4.07. The summed E-state index contributed by atoms with van der Waals surface area (Å²) in [6.07, 6.45) is 5.80. The molecule has 0 aliphatic heterocycles. The van der Waals surface area contributed by atoms with E-state index in [0.29, 0.717) is 12.1 Å². The van der Waals surface area contributed by atoms with Crippen molar-refractivity contribution >= 4 is 10.0 Å². The van der Waals surface area contributed by atoms with Crippen molar-refractivity contribution in [1.82, 2.24) is 14.3 Å². The van der Waals surface area contributed by atoms with Crippen molar-refractivity contribution < 1.29 is 13.5 Å². The zero-order valence-corrected chi connectivity index (χ0v) is 12.7. The molecule has 0 amide bonds. The number of sulfonamides is 1. The van der Waals surface area contributed by atoms with Crippen LogP contribution in [0.2, 0.25) is 0 Å². The van der Waals surface area contributed by atoms with Gasteiger partial charge in [0.25, 0.3) is 0 Å². The Bertz CT molecular complexity index is 681. The van der Waals surface area contributed by atoms with Crippen molar-refractivity contribution in [2.45, 2.75) is 31.4 Å². The Morgan fingerprint density at radius 3 is 2.76 bits per heavy atom. The van der Waals surface area contributed by atoms with E-state index < -0.39 is 10.0 Å². The fraction of sp³-hybridized carbons (Fsp3) is 0.357. The van der Waals surface area contributed by atoms with Crippen LogP contribution in [0.3, 0.4) is 0 Å². The number of aliphatic hydroxyl groups is 1. The van der Waals surface area contributed by atoms with Crippen LogP contribution in [0.15, 0.2) is 41.8 Å². The SMILES string of the molecule is CCc1ccc(S(=O)(=O)NCCn2ccnc2)cc1CO. The zero-order valence-electron chi connectivity index (χ0n) is 11.9. The van der Waals surface area contributed by atoms with Crippen molar-refractivity contribution in [2.24, 2.45) is 0 Å². The molecule has 2 aromatic rings. The van der Waals surface area contributed by atoms with E-state index in [1.54, 1.807) is 35.4 Å². The van der Waals surface area contributed by atoms with Crippen LogP contribution in [-0.4, -0.2) is 29.6 Å². The normalized spacial score (nSPS) is 11.7. The van der Waals surface area contributed by atoms with Crippen LogP contribution in [0.4, 0.5) is 0 Å². The molecule has 1 aromatic carbocycles. The first-order valence-corrected chi connectivity index (χ1v) is 8.23. The van der Waals surface area contributed by atoms with Crippen molar-refractivity contribution in [3.63, 3.8) is 0 Å². The van der Waals surface area contributed by atoms with Crippen LogP contribution in [0.25, 0.3) is 0 Å². The third-order valence-corrected chi connectivity index (χ3v) is 4.72. The Morgan fingerprint density at radius 1 is 1.33 bits per heavy atom. The van der Waals surface area contributed by atoms with Gasteiger partial charge in [0.2, 0.25) is 10.0 Å². The topological polar surface area (TPSA) is 84.2 Å². The highest BCUT2D eigenvalue weighted by Gasteiger charge is 2.15. The summed E-state index contributed by atoms with van der Waals surface area (Å²) in [6.45, 7) is 2.59. The zero-order chi connectivity index (χ0) is 15.3. The lowest BCUT2D eigenvalue weighted by molar-refractivity contribution is 0.280. The van der Waals surface area contributed by atoms with E-state index in [1.807, 2.05) is 6.92 Å². The minimum Gasteiger partial charge on any atom is -0.392 e. The third-order valence-electron chi connectivity index (χ3n) is 3.26. The average molecular weight is 309 g/mol. The fourth-order valence-electron chi connectivity index (χ4n) is 2.07. The first-order chi connectivity index (χ1) is 10.1. The molecule has 7 heteroatoms. The molecule has 0 aliphatic rings. The van der Waals surface area contributed by atoms with Crippen LogP contribution in [0, 0.1) is 0 Å². The second-order valence-corrected chi connectivity index (χ2v) is 6.41. The van der Waals surface area contributed by atoms with Crippen molar-refractivity contribution in [2.75, 3.05) is 6.54 Å². The number of benzene rings is 1. The number of nitrogens with one attached hydrogen (secondary N) is 1. The molecule has 0 atom stereocenters. The molecule has 0 fully saturated rings. The highest BCUT2D eigenvalue weighted by atomic mass is 32.2. The van der Waals surface area contributed by atoms with Crippen LogP contribution in [0.5, 0.6) is 0 Å². The maximum atomic E-state index is 12.2. The number of nitrogens with zero attached hydrogens (tertiary/aromatic N) is 2. The number of aryl methyl sites for hydroxylation is 1. The Balaban J connectivity index is 2.08. The smallest absolute Gasteiger partial charge is 0.240 e. The molecular weight excluding hydrogens is 290 g/mol. The largest absolute Gasteiger partial charge is 0.392 e. The maximum absolute atomic E-state index is 12.2. The van der Waals surface area contributed by atoms with Gasteiger partial charge in [-0.3, -0.25) is 0 Å². The number of hydrogen-bond donors (Lipinski definition) is 2. The number of rotatable bonds is 7. The fourth-order valence-corrected chi connectivity index (χ4v) is 3.14. The number of imidazole rings is 1. The molecule has 114 valence electrons. The molecule has 0 saturated heterocycles. The van der Waals surface area contributed by atoms with Gasteiger partial charge in [0.1, 0.15) is 0 Å². The molecule has 21 heavy (non-hydrogen) atoms. The van der Waals surface area contributed by atoms with E-state index in [0.717, 1.165) is 12.0 Å². The van der Waals surface area contributed by atoms with Crippen molar-refractivity contribution in [3.8, 4) is 0 Å². The first-order valence-electron chi connectivity index (χ1n) is 6.75. The molecule has 0 unspecified atom stereocenters. The van der Waals surface area contributed by atoms with E-state index in [1.165, 1.54) is 6.07 Å². The van der Waals surface area contributed by atoms with E-state index in [4.69, 9.17) is 0 Å². The summed E-state index contributed by atoms with van der Waals surface area (Å²) in [5, 5.41) is 9.32. The van der Waals surface area contributed by atoms with Gasteiger partial charge < -0.3 is 9.67 Å². The molecule has 1 aromatic heterocycles. The van der Waals surface area contributed by atoms with E-state index in [-0.39, 0.29) is 18.0 Å². The molecule has 0 saturated carbocycles. The lowest BCUT2D eigenvalue weighted by atomic mass is 10.1. The van der Waals surface area contributed by atoms with Crippen LogP contribution < -0.4 is 4.72 Å².